The summed E-state index contributed by atoms with van der Waals surface area (Å²) in [5.74, 6) is -0.270. The summed E-state index contributed by atoms with van der Waals surface area (Å²) in [6.07, 6.45) is 0. The molecule has 0 fully saturated rings. The van der Waals surface area contributed by atoms with E-state index in [9.17, 15) is 4.39 Å². The molecule has 1 heterocycles. The molecule has 0 bridgehead atoms. The Labute approximate surface area is 125 Å². The Balaban J connectivity index is 2.39. The summed E-state index contributed by atoms with van der Waals surface area (Å²) in [7, 11) is 0. The van der Waals surface area contributed by atoms with E-state index >= 15 is 0 Å². The lowest BCUT2D eigenvalue weighted by atomic mass is 10.1. The van der Waals surface area contributed by atoms with Crippen molar-refractivity contribution in [2.24, 2.45) is 0 Å². The van der Waals surface area contributed by atoms with Crippen molar-refractivity contribution in [3.05, 3.63) is 54.3 Å². The number of hydrogen-bond donors (Lipinski definition) is 0. The van der Waals surface area contributed by atoms with E-state index in [1.807, 2.05) is 13.0 Å². The Hall–Kier alpha value is 0.1000. The first-order valence-electron chi connectivity index (χ1n) is 4.84. The topological polar surface area (TPSA) is 0 Å². The minimum atomic E-state index is -0.270. The van der Waals surface area contributed by atoms with Crippen molar-refractivity contribution in [3.8, 4) is 0 Å². The van der Waals surface area contributed by atoms with Crippen LogP contribution in [0.2, 0.25) is 0 Å². The Morgan fingerprint density at radius 2 is 2.00 bits per heavy atom. The maximum atomic E-state index is 13.0. The summed E-state index contributed by atoms with van der Waals surface area (Å²) in [5.41, 5.74) is 2.04. The van der Waals surface area contributed by atoms with Gasteiger partial charge >= 0.3 is 0 Å². The molecule has 1 atom stereocenters. The second-order valence-corrected chi connectivity index (χ2v) is 7.33. The molecule has 90 valence electrons. The fraction of sp³-hybridized carbons (Fsp3) is 0.167. The smallest absolute Gasteiger partial charge is 0.124 e. The Morgan fingerprint density at radius 1 is 1.29 bits per heavy atom. The van der Waals surface area contributed by atoms with E-state index in [-0.39, 0.29) is 11.2 Å². The zero-order valence-electron chi connectivity index (χ0n) is 8.81. The van der Waals surface area contributed by atoms with Crippen molar-refractivity contribution in [1.29, 1.82) is 0 Å². The molecular formula is C12H8Br2ClFS. The van der Waals surface area contributed by atoms with Crippen molar-refractivity contribution < 1.29 is 4.39 Å². The molecule has 0 amide bonds. The molecule has 17 heavy (non-hydrogen) atoms. The van der Waals surface area contributed by atoms with Crippen LogP contribution in [0.3, 0.4) is 0 Å². The van der Waals surface area contributed by atoms with E-state index in [1.54, 1.807) is 17.4 Å². The largest absolute Gasteiger partial charge is 0.207 e. The van der Waals surface area contributed by atoms with Gasteiger partial charge in [0.15, 0.2) is 0 Å². The predicted molar refractivity (Wildman–Crippen MR) is 78.6 cm³/mol. The molecular weight excluding hydrogens is 390 g/mol. The summed E-state index contributed by atoms with van der Waals surface area (Å²) in [6.45, 7) is 2.02. The molecule has 0 nitrogen and oxygen atoms in total. The van der Waals surface area contributed by atoms with Gasteiger partial charge in [-0.1, -0.05) is 22.0 Å². The average molecular weight is 399 g/mol. The zero-order valence-corrected chi connectivity index (χ0v) is 13.6. The molecule has 0 saturated carbocycles. The van der Waals surface area contributed by atoms with Crippen molar-refractivity contribution in [1.82, 2.24) is 0 Å². The monoisotopic (exact) mass is 396 g/mol. The minimum Gasteiger partial charge on any atom is -0.207 e. The lowest BCUT2D eigenvalue weighted by Crippen LogP contribution is -1.92. The van der Waals surface area contributed by atoms with E-state index < -0.39 is 0 Å². The van der Waals surface area contributed by atoms with E-state index in [4.69, 9.17) is 11.6 Å². The van der Waals surface area contributed by atoms with Gasteiger partial charge in [-0.25, -0.2) is 4.39 Å². The Morgan fingerprint density at radius 3 is 2.53 bits per heavy atom. The molecule has 0 radical (unpaired) electrons. The van der Waals surface area contributed by atoms with Crippen molar-refractivity contribution in [3.63, 3.8) is 0 Å². The number of rotatable bonds is 2. The first kappa shape index (κ1) is 13.5. The molecule has 0 saturated heterocycles. The van der Waals surface area contributed by atoms with E-state index in [0.717, 1.165) is 19.8 Å². The van der Waals surface area contributed by atoms with Gasteiger partial charge in [0.2, 0.25) is 0 Å². The molecule has 5 heteroatoms. The fourth-order valence-corrected chi connectivity index (χ4v) is 4.14. The van der Waals surface area contributed by atoms with Crippen LogP contribution in [0.15, 0.2) is 32.5 Å². The molecule has 0 N–H and O–H groups in total. The third-order valence-electron chi connectivity index (χ3n) is 2.36. The first-order chi connectivity index (χ1) is 7.99. The molecule has 0 aliphatic carbocycles. The summed E-state index contributed by atoms with van der Waals surface area (Å²) in [5, 5.41) is -0.264. The molecule has 2 rings (SSSR count). The van der Waals surface area contributed by atoms with Crippen LogP contribution in [-0.4, -0.2) is 0 Å². The highest BCUT2D eigenvalue weighted by Gasteiger charge is 2.17. The summed E-state index contributed by atoms with van der Waals surface area (Å²) in [6, 6.07) is 6.60. The van der Waals surface area contributed by atoms with Crippen molar-refractivity contribution in [2.45, 2.75) is 12.3 Å². The number of hydrogen-bond acceptors (Lipinski definition) is 1. The molecule has 0 aliphatic rings. The lowest BCUT2D eigenvalue weighted by Gasteiger charge is -2.09. The number of halogens is 4. The van der Waals surface area contributed by atoms with E-state index in [1.165, 1.54) is 12.1 Å². The normalized spacial score (nSPS) is 12.8. The molecule has 1 aromatic carbocycles. The average Bonchev–Trinajstić information content (AvgIpc) is 2.58. The highest BCUT2D eigenvalue weighted by Crippen LogP contribution is 2.40. The third kappa shape index (κ3) is 2.92. The van der Waals surface area contributed by atoms with Crippen LogP contribution in [0.1, 0.15) is 21.4 Å². The number of thiophene rings is 1. The maximum Gasteiger partial charge on any atom is 0.124 e. The molecule has 1 unspecified atom stereocenters. The van der Waals surface area contributed by atoms with Gasteiger partial charge in [-0.2, -0.15) is 0 Å². The van der Waals surface area contributed by atoms with Gasteiger partial charge in [-0.15, -0.1) is 22.9 Å². The quantitative estimate of drug-likeness (QED) is 0.540. The van der Waals surface area contributed by atoms with Crippen molar-refractivity contribution in [2.75, 3.05) is 0 Å². The van der Waals surface area contributed by atoms with Crippen LogP contribution in [0.5, 0.6) is 0 Å². The Bertz CT molecular complexity index is 534. The van der Waals surface area contributed by atoms with Gasteiger partial charge in [0.25, 0.3) is 0 Å². The standard InChI is InChI=1S/C12H8Br2ClFS/c1-6-4-10(17-12(6)14)11(15)8-3-2-7(16)5-9(8)13/h2-5,11H,1H3. The molecule has 1 aromatic heterocycles. The highest BCUT2D eigenvalue weighted by atomic mass is 79.9. The van der Waals surface area contributed by atoms with Gasteiger partial charge in [0, 0.05) is 9.35 Å². The highest BCUT2D eigenvalue weighted by molar-refractivity contribution is 9.11. The van der Waals surface area contributed by atoms with E-state index in [2.05, 4.69) is 31.9 Å². The van der Waals surface area contributed by atoms with Gasteiger partial charge in [-0.05, 0) is 52.2 Å². The van der Waals surface area contributed by atoms with Crippen LogP contribution >= 0.6 is 54.8 Å². The van der Waals surface area contributed by atoms with Gasteiger partial charge < -0.3 is 0 Å². The summed E-state index contributed by atoms with van der Waals surface area (Å²) in [4.78, 5) is 1.04. The summed E-state index contributed by atoms with van der Waals surface area (Å²) >= 11 is 14.8. The van der Waals surface area contributed by atoms with Crippen LogP contribution in [0, 0.1) is 12.7 Å². The number of alkyl halides is 1. The van der Waals surface area contributed by atoms with Crippen molar-refractivity contribution >= 4 is 54.8 Å². The number of aryl methyl sites for hydroxylation is 1. The maximum absolute atomic E-state index is 13.0. The van der Waals surface area contributed by atoms with E-state index in [0.29, 0.717) is 4.47 Å². The molecule has 2 aromatic rings. The first-order valence-corrected chi connectivity index (χ1v) is 7.68. The predicted octanol–water partition coefficient (Wildman–Crippen LogP) is 6.05. The minimum absolute atomic E-state index is 0.264. The second-order valence-electron chi connectivity index (χ2n) is 3.63. The zero-order chi connectivity index (χ0) is 12.6. The van der Waals surface area contributed by atoms with Crippen LogP contribution in [-0.2, 0) is 0 Å². The van der Waals surface area contributed by atoms with Crippen LogP contribution in [0.4, 0.5) is 4.39 Å². The van der Waals surface area contributed by atoms with Gasteiger partial charge in [0.1, 0.15) is 5.82 Å². The van der Waals surface area contributed by atoms with Crippen LogP contribution < -0.4 is 0 Å². The number of benzene rings is 1. The van der Waals surface area contributed by atoms with Gasteiger partial charge in [-0.3, -0.25) is 0 Å². The second kappa shape index (κ2) is 5.39. The third-order valence-corrected chi connectivity index (χ3v) is 5.85. The molecule has 0 aliphatic heterocycles. The summed E-state index contributed by atoms with van der Waals surface area (Å²) < 4.78 is 14.8. The molecule has 0 spiro atoms. The fourth-order valence-electron chi connectivity index (χ4n) is 1.47. The van der Waals surface area contributed by atoms with Crippen LogP contribution in [0.25, 0.3) is 0 Å². The van der Waals surface area contributed by atoms with Gasteiger partial charge in [0.05, 0.1) is 9.16 Å². The SMILES string of the molecule is Cc1cc(C(Cl)c2ccc(F)cc2Br)sc1Br. The Kier molecular flexibility index (Phi) is 4.29. The lowest BCUT2D eigenvalue weighted by molar-refractivity contribution is 0.626.